The molecule has 5 nitrogen and oxygen atoms in total. The van der Waals surface area contributed by atoms with Crippen molar-refractivity contribution in [2.24, 2.45) is 0 Å². The molecule has 5 heteroatoms. The highest BCUT2D eigenvalue weighted by atomic mass is 16.9. The zero-order valence-corrected chi connectivity index (χ0v) is 7.42. The molecule has 0 aromatic carbocycles. The Bertz CT molecular complexity index is 234. The minimum atomic E-state index is -1.75. The fraction of sp³-hybridized carbons (Fsp3) is 0.375. The van der Waals surface area contributed by atoms with E-state index in [-0.39, 0.29) is 0 Å². The minimum absolute atomic E-state index is 1.13. The van der Waals surface area contributed by atoms with Gasteiger partial charge in [0.15, 0.2) is 12.4 Å². The van der Waals surface area contributed by atoms with Crippen LogP contribution in [0, 0.1) is 15.3 Å². The summed E-state index contributed by atoms with van der Waals surface area (Å²) >= 11 is 0. The predicted octanol–water partition coefficient (Wildman–Crippen LogP) is 1.15. The van der Waals surface area contributed by atoms with Crippen LogP contribution in [0.5, 0.6) is 0 Å². The monoisotopic (exact) mass is 184 g/mol. The van der Waals surface area contributed by atoms with Gasteiger partial charge in [-0.15, -0.1) is 0 Å². The zero-order chi connectivity index (χ0) is 10.1. The average Bonchev–Trinajstić information content (AvgIpc) is 2.06. The predicted molar refractivity (Wildman–Crippen MR) is 47.3 cm³/mol. The summed E-state index contributed by atoms with van der Waals surface area (Å²) in [5.41, 5.74) is 0. The first-order valence-electron chi connectivity index (χ1n) is 3.92. The summed E-state index contributed by atoms with van der Waals surface area (Å²) in [5, 5.41) is 14.8. The van der Waals surface area contributed by atoms with Crippen molar-refractivity contribution in [3.8, 4) is 0 Å². The van der Waals surface area contributed by atoms with Gasteiger partial charge in [0, 0.05) is 18.6 Å². The lowest BCUT2D eigenvalue weighted by Crippen LogP contribution is -2.31. The van der Waals surface area contributed by atoms with Gasteiger partial charge in [0.05, 0.1) is 5.09 Å². The van der Waals surface area contributed by atoms with E-state index in [0.717, 1.165) is 6.54 Å². The summed E-state index contributed by atoms with van der Waals surface area (Å²) in [6.07, 6.45) is 5.38. The van der Waals surface area contributed by atoms with E-state index in [2.05, 4.69) is 36.0 Å². The summed E-state index contributed by atoms with van der Waals surface area (Å²) in [4.78, 5) is 8.25. The Morgan fingerprint density at radius 2 is 1.69 bits per heavy atom. The summed E-state index contributed by atoms with van der Waals surface area (Å²) in [5.74, 6) is 0. The molecule has 0 spiro atoms. The fourth-order valence-electron chi connectivity index (χ4n) is 0.842. The lowest BCUT2D eigenvalue weighted by molar-refractivity contribution is -0.697. The van der Waals surface area contributed by atoms with Crippen molar-refractivity contribution >= 4 is 0 Å². The Morgan fingerprint density at radius 1 is 1.23 bits per heavy atom. The molecule has 1 aromatic rings. The number of nitrogens with zero attached hydrogens (tertiary/aromatic N) is 2. The number of pyridine rings is 1. The van der Waals surface area contributed by atoms with E-state index >= 15 is 0 Å². The lowest BCUT2D eigenvalue weighted by Gasteiger charge is -1.88. The Hall–Kier alpha value is -1.65. The lowest BCUT2D eigenvalue weighted by atomic mass is 10.4. The zero-order valence-electron chi connectivity index (χ0n) is 7.42. The maximum Gasteiger partial charge on any atom is 0.168 e. The van der Waals surface area contributed by atoms with Gasteiger partial charge in [0.2, 0.25) is 0 Å². The molecule has 0 radical (unpaired) electrons. The van der Waals surface area contributed by atoms with Crippen LogP contribution in [-0.2, 0) is 6.54 Å². The third-order valence-electron chi connectivity index (χ3n) is 1.26. The first kappa shape index (κ1) is 11.4. The number of hydrogen-bond donors (Lipinski definition) is 0. The maximum atomic E-state index is 8.25. The molecule has 0 aliphatic rings. The Labute approximate surface area is 76.4 Å². The highest BCUT2D eigenvalue weighted by Gasteiger charge is 1.90. The minimum Gasteiger partial charge on any atom is -0.356 e. The van der Waals surface area contributed by atoms with Crippen molar-refractivity contribution in [3.05, 3.63) is 45.9 Å². The van der Waals surface area contributed by atoms with Gasteiger partial charge in [-0.3, -0.25) is 0 Å². The maximum absolute atomic E-state index is 8.25. The molecule has 0 aliphatic heterocycles. The molecule has 0 saturated heterocycles. The second kappa shape index (κ2) is 7.02. The SMILES string of the molecule is CCC[n+]1ccccc1.O=[N+]([O-])[O-]. The van der Waals surface area contributed by atoms with E-state index in [1.807, 2.05) is 6.07 Å². The van der Waals surface area contributed by atoms with Crippen LogP contribution >= 0.6 is 0 Å². The molecule has 0 N–H and O–H groups in total. The molecule has 0 aliphatic carbocycles. The molecule has 0 atom stereocenters. The average molecular weight is 184 g/mol. The Morgan fingerprint density at radius 3 is 2.08 bits per heavy atom. The summed E-state index contributed by atoms with van der Waals surface area (Å²) in [6, 6.07) is 6.14. The van der Waals surface area contributed by atoms with Crippen molar-refractivity contribution < 1.29 is 9.65 Å². The van der Waals surface area contributed by atoms with E-state index in [4.69, 9.17) is 15.3 Å². The van der Waals surface area contributed by atoms with Gasteiger partial charge in [0.25, 0.3) is 0 Å². The van der Waals surface area contributed by atoms with Crippen LogP contribution in [0.1, 0.15) is 13.3 Å². The van der Waals surface area contributed by atoms with E-state index in [9.17, 15) is 0 Å². The summed E-state index contributed by atoms with van der Waals surface area (Å²) in [6.45, 7) is 3.31. The van der Waals surface area contributed by atoms with E-state index < -0.39 is 5.09 Å². The number of aryl methyl sites for hydroxylation is 1. The van der Waals surface area contributed by atoms with Crippen LogP contribution in [-0.4, -0.2) is 5.09 Å². The van der Waals surface area contributed by atoms with Crippen molar-refractivity contribution in [2.45, 2.75) is 19.9 Å². The molecular weight excluding hydrogens is 172 g/mol. The van der Waals surface area contributed by atoms with Crippen molar-refractivity contribution in [3.63, 3.8) is 0 Å². The Kier molecular flexibility index (Phi) is 6.13. The summed E-state index contributed by atoms with van der Waals surface area (Å²) < 4.78 is 2.18. The van der Waals surface area contributed by atoms with E-state index in [0.29, 0.717) is 0 Å². The molecule has 1 rings (SSSR count). The molecular formula is C8H12N2O3. The topological polar surface area (TPSA) is 70.1 Å². The highest BCUT2D eigenvalue weighted by molar-refractivity contribution is 4.83. The van der Waals surface area contributed by atoms with Crippen LogP contribution in [0.2, 0.25) is 0 Å². The largest absolute Gasteiger partial charge is 0.356 e. The molecule has 13 heavy (non-hydrogen) atoms. The highest BCUT2D eigenvalue weighted by Crippen LogP contribution is 1.78. The molecule has 0 amide bonds. The normalized spacial score (nSPS) is 8.38. The number of hydrogen-bond acceptors (Lipinski definition) is 3. The molecule has 1 aromatic heterocycles. The van der Waals surface area contributed by atoms with Crippen LogP contribution < -0.4 is 4.57 Å². The second-order valence-electron chi connectivity index (χ2n) is 2.34. The first-order valence-corrected chi connectivity index (χ1v) is 3.92. The van der Waals surface area contributed by atoms with Crippen LogP contribution in [0.25, 0.3) is 0 Å². The molecule has 1 heterocycles. The number of rotatable bonds is 2. The van der Waals surface area contributed by atoms with E-state index in [1.165, 1.54) is 6.42 Å². The smallest absolute Gasteiger partial charge is 0.168 e. The van der Waals surface area contributed by atoms with E-state index in [1.54, 1.807) is 0 Å². The molecule has 0 unspecified atom stereocenters. The third kappa shape index (κ3) is 8.25. The van der Waals surface area contributed by atoms with Gasteiger partial charge in [-0.25, -0.2) is 4.57 Å². The molecule has 72 valence electrons. The van der Waals surface area contributed by atoms with Crippen LogP contribution in [0.15, 0.2) is 30.6 Å². The fourth-order valence-corrected chi connectivity index (χ4v) is 0.842. The van der Waals surface area contributed by atoms with Gasteiger partial charge in [-0.05, 0) is 0 Å². The van der Waals surface area contributed by atoms with Crippen molar-refractivity contribution in [2.75, 3.05) is 0 Å². The number of aromatic nitrogens is 1. The van der Waals surface area contributed by atoms with Crippen molar-refractivity contribution in [1.82, 2.24) is 0 Å². The van der Waals surface area contributed by atoms with Gasteiger partial charge in [-0.1, -0.05) is 13.0 Å². The van der Waals surface area contributed by atoms with Gasteiger partial charge in [-0.2, -0.15) is 0 Å². The molecule has 0 saturated carbocycles. The van der Waals surface area contributed by atoms with Crippen LogP contribution in [0.4, 0.5) is 0 Å². The van der Waals surface area contributed by atoms with Crippen molar-refractivity contribution in [1.29, 1.82) is 0 Å². The standard InChI is InChI=1S/C8H12N.NO3/c1-2-6-9-7-4-3-5-8-9;2-1(3)4/h3-5,7-8H,2,6H2,1H3;/q+1;-1. The quantitative estimate of drug-likeness (QED) is 0.393. The molecule has 0 fully saturated rings. The van der Waals surface area contributed by atoms with Gasteiger partial charge >= 0.3 is 0 Å². The van der Waals surface area contributed by atoms with Crippen LogP contribution in [0.3, 0.4) is 0 Å². The molecule has 0 bridgehead atoms. The third-order valence-corrected chi connectivity index (χ3v) is 1.26. The second-order valence-corrected chi connectivity index (χ2v) is 2.34. The van der Waals surface area contributed by atoms with Gasteiger partial charge in [0.1, 0.15) is 6.54 Å². The summed E-state index contributed by atoms with van der Waals surface area (Å²) in [7, 11) is 0. The van der Waals surface area contributed by atoms with Gasteiger partial charge < -0.3 is 15.3 Å². The Balaban J connectivity index is 0.000000310. The first-order chi connectivity index (χ1) is 6.16.